The molecule has 0 N–H and O–H groups in total. The lowest BCUT2D eigenvalue weighted by Gasteiger charge is -2.29. The number of hydrogen-bond acceptors (Lipinski definition) is 2. The van der Waals surface area contributed by atoms with Crippen LogP contribution in [0.1, 0.15) is 49.1 Å². The third-order valence-electron chi connectivity index (χ3n) is 6.26. The van der Waals surface area contributed by atoms with Gasteiger partial charge in [0, 0.05) is 25.6 Å². The molecular formula is C21H30N2O. The zero-order valence-electron chi connectivity index (χ0n) is 14.9. The molecule has 1 aliphatic carbocycles. The molecule has 3 fully saturated rings. The summed E-state index contributed by atoms with van der Waals surface area (Å²) >= 11 is 0. The number of likely N-dealkylation sites (tertiary alicyclic amines) is 2. The highest BCUT2D eigenvalue weighted by Gasteiger charge is 2.47. The average molecular weight is 326 g/mol. The minimum absolute atomic E-state index is 0.250. The van der Waals surface area contributed by atoms with E-state index in [0.29, 0.717) is 17.7 Å². The second-order valence-electron chi connectivity index (χ2n) is 8.11. The zero-order valence-corrected chi connectivity index (χ0v) is 14.9. The van der Waals surface area contributed by atoms with Gasteiger partial charge in [0.05, 0.1) is 0 Å². The fourth-order valence-electron chi connectivity index (χ4n) is 4.74. The Balaban J connectivity index is 1.30. The standard InChI is InChI=1S/C21H30N2O/c1-16-7-3-4-8-18(16)19-13-20(19)21(24)23-12-9-17(15-23)14-22-10-5-2-6-11-22/h3-4,7-8,17,19-20H,2,5-6,9-15H2,1H3/t17-,19-,20-/m0/s1. The molecule has 0 bridgehead atoms. The van der Waals surface area contributed by atoms with E-state index in [9.17, 15) is 4.79 Å². The quantitative estimate of drug-likeness (QED) is 0.846. The molecule has 0 unspecified atom stereocenters. The Bertz CT molecular complexity index is 593. The van der Waals surface area contributed by atoms with Crippen molar-refractivity contribution in [3.63, 3.8) is 0 Å². The van der Waals surface area contributed by atoms with Crippen LogP contribution >= 0.6 is 0 Å². The molecule has 1 saturated carbocycles. The van der Waals surface area contributed by atoms with E-state index >= 15 is 0 Å². The van der Waals surface area contributed by atoms with Gasteiger partial charge in [0.25, 0.3) is 0 Å². The Labute approximate surface area is 146 Å². The Morgan fingerprint density at radius 3 is 2.71 bits per heavy atom. The highest BCUT2D eigenvalue weighted by molar-refractivity contribution is 5.83. The monoisotopic (exact) mass is 326 g/mol. The predicted octanol–water partition coefficient (Wildman–Crippen LogP) is 3.43. The van der Waals surface area contributed by atoms with E-state index < -0.39 is 0 Å². The Morgan fingerprint density at radius 2 is 1.92 bits per heavy atom. The molecule has 3 atom stereocenters. The lowest BCUT2D eigenvalue weighted by molar-refractivity contribution is -0.131. The fourth-order valence-corrected chi connectivity index (χ4v) is 4.74. The number of hydrogen-bond donors (Lipinski definition) is 0. The molecule has 2 heterocycles. The van der Waals surface area contributed by atoms with Gasteiger partial charge in [-0.05, 0) is 68.7 Å². The number of amides is 1. The van der Waals surface area contributed by atoms with Crippen molar-refractivity contribution >= 4 is 5.91 Å². The van der Waals surface area contributed by atoms with Crippen LogP contribution in [0.15, 0.2) is 24.3 Å². The summed E-state index contributed by atoms with van der Waals surface area (Å²) in [4.78, 5) is 17.6. The summed E-state index contributed by atoms with van der Waals surface area (Å²) in [6.07, 6.45) is 6.36. The number of benzene rings is 1. The van der Waals surface area contributed by atoms with Crippen molar-refractivity contribution in [2.24, 2.45) is 11.8 Å². The first-order chi connectivity index (χ1) is 11.7. The molecule has 0 radical (unpaired) electrons. The van der Waals surface area contributed by atoms with E-state index in [2.05, 4.69) is 41.0 Å². The van der Waals surface area contributed by atoms with Gasteiger partial charge in [0.15, 0.2) is 0 Å². The van der Waals surface area contributed by atoms with Crippen LogP contribution in [0.2, 0.25) is 0 Å². The van der Waals surface area contributed by atoms with Crippen molar-refractivity contribution in [2.75, 3.05) is 32.7 Å². The summed E-state index contributed by atoms with van der Waals surface area (Å²) in [6, 6.07) is 8.56. The number of carbonyl (C=O) groups is 1. The summed E-state index contributed by atoms with van der Waals surface area (Å²) in [5, 5.41) is 0. The molecule has 0 spiro atoms. The van der Waals surface area contributed by atoms with Crippen LogP contribution in [0.5, 0.6) is 0 Å². The van der Waals surface area contributed by atoms with Gasteiger partial charge in [0.2, 0.25) is 5.91 Å². The highest BCUT2D eigenvalue weighted by atomic mass is 16.2. The van der Waals surface area contributed by atoms with E-state index in [0.717, 1.165) is 19.5 Å². The third-order valence-corrected chi connectivity index (χ3v) is 6.26. The molecule has 0 aromatic heterocycles. The second kappa shape index (κ2) is 6.87. The Hall–Kier alpha value is -1.35. The van der Waals surface area contributed by atoms with Gasteiger partial charge < -0.3 is 9.80 Å². The smallest absolute Gasteiger partial charge is 0.226 e. The van der Waals surface area contributed by atoms with Crippen LogP contribution in [-0.4, -0.2) is 48.4 Å². The molecule has 24 heavy (non-hydrogen) atoms. The van der Waals surface area contributed by atoms with Crippen molar-refractivity contribution < 1.29 is 4.79 Å². The number of piperidine rings is 1. The normalized spacial score (nSPS) is 30.5. The molecule has 3 nitrogen and oxygen atoms in total. The van der Waals surface area contributed by atoms with Gasteiger partial charge in [-0.3, -0.25) is 4.79 Å². The number of carbonyl (C=O) groups excluding carboxylic acids is 1. The lowest BCUT2D eigenvalue weighted by Crippen LogP contribution is -2.36. The SMILES string of the molecule is Cc1ccccc1[C@@H]1C[C@@H]1C(=O)N1CC[C@@H](CN2CCCCC2)C1. The molecule has 4 rings (SSSR count). The zero-order chi connectivity index (χ0) is 16.5. The third kappa shape index (κ3) is 3.37. The fraction of sp³-hybridized carbons (Fsp3) is 0.667. The van der Waals surface area contributed by atoms with Crippen molar-refractivity contribution in [1.82, 2.24) is 9.80 Å². The van der Waals surface area contributed by atoms with Crippen molar-refractivity contribution in [3.8, 4) is 0 Å². The van der Waals surface area contributed by atoms with Gasteiger partial charge in [-0.25, -0.2) is 0 Å². The van der Waals surface area contributed by atoms with Crippen molar-refractivity contribution in [1.29, 1.82) is 0 Å². The molecular weight excluding hydrogens is 296 g/mol. The summed E-state index contributed by atoms with van der Waals surface area (Å²) in [5.41, 5.74) is 2.72. The minimum Gasteiger partial charge on any atom is -0.342 e. The van der Waals surface area contributed by atoms with Crippen LogP contribution in [0.3, 0.4) is 0 Å². The summed E-state index contributed by atoms with van der Waals surface area (Å²) in [6.45, 7) is 7.88. The molecule has 3 aliphatic rings. The minimum atomic E-state index is 0.250. The van der Waals surface area contributed by atoms with Gasteiger partial charge >= 0.3 is 0 Å². The first-order valence-corrected chi connectivity index (χ1v) is 9.79. The number of rotatable bonds is 4. The predicted molar refractivity (Wildman–Crippen MR) is 97.0 cm³/mol. The number of nitrogens with zero attached hydrogens (tertiary/aromatic N) is 2. The second-order valence-corrected chi connectivity index (χ2v) is 8.11. The van der Waals surface area contributed by atoms with E-state index in [1.54, 1.807) is 0 Å². The first kappa shape index (κ1) is 16.1. The van der Waals surface area contributed by atoms with Gasteiger partial charge in [-0.1, -0.05) is 30.7 Å². The van der Waals surface area contributed by atoms with Crippen LogP contribution in [0, 0.1) is 18.8 Å². The molecule has 3 heteroatoms. The Kier molecular flexibility index (Phi) is 4.62. The molecule has 1 aromatic carbocycles. The molecule has 1 amide bonds. The van der Waals surface area contributed by atoms with Gasteiger partial charge in [-0.15, -0.1) is 0 Å². The van der Waals surface area contributed by atoms with E-state index in [-0.39, 0.29) is 5.92 Å². The summed E-state index contributed by atoms with van der Waals surface area (Å²) in [7, 11) is 0. The maximum atomic E-state index is 12.9. The van der Waals surface area contributed by atoms with Crippen LogP contribution in [0.25, 0.3) is 0 Å². The summed E-state index contributed by atoms with van der Waals surface area (Å²) in [5.74, 6) is 1.84. The largest absolute Gasteiger partial charge is 0.342 e. The van der Waals surface area contributed by atoms with Crippen LogP contribution < -0.4 is 0 Å². The topological polar surface area (TPSA) is 23.6 Å². The van der Waals surface area contributed by atoms with E-state index in [4.69, 9.17) is 0 Å². The Morgan fingerprint density at radius 1 is 1.12 bits per heavy atom. The van der Waals surface area contributed by atoms with Crippen LogP contribution in [0.4, 0.5) is 0 Å². The van der Waals surface area contributed by atoms with Gasteiger partial charge in [0.1, 0.15) is 0 Å². The van der Waals surface area contributed by atoms with Gasteiger partial charge in [-0.2, -0.15) is 0 Å². The molecule has 130 valence electrons. The average Bonchev–Trinajstić information content (AvgIpc) is 3.26. The molecule has 2 saturated heterocycles. The van der Waals surface area contributed by atoms with E-state index in [1.807, 2.05) is 0 Å². The lowest BCUT2D eigenvalue weighted by atomic mass is 10.0. The maximum Gasteiger partial charge on any atom is 0.226 e. The van der Waals surface area contributed by atoms with E-state index in [1.165, 1.54) is 56.4 Å². The maximum absolute atomic E-state index is 12.9. The molecule has 2 aliphatic heterocycles. The first-order valence-electron chi connectivity index (χ1n) is 9.79. The molecule has 1 aromatic rings. The van der Waals surface area contributed by atoms with Crippen molar-refractivity contribution in [2.45, 2.75) is 44.9 Å². The number of aryl methyl sites for hydroxylation is 1. The highest BCUT2D eigenvalue weighted by Crippen LogP contribution is 2.49. The van der Waals surface area contributed by atoms with Crippen molar-refractivity contribution in [3.05, 3.63) is 35.4 Å². The summed E-state index contributed by atoms with van der Waals surface area (Å²) < 4.78 is 0. The van der Waals surface area contributed by atoms with Crippen LogP contribution in [-0.2, 0) is 4.79 Å².